The van der Waals surface area contributed by atoms with Gasteiger partial charge in [-0.25, -0.2) is 9.78 Å². The fourth-order valence-electron chi connectivity index (χ4n) is 2.91. The Morgan fingerprint density at radius 2 is 2.16 bits per heavy atom. The first-order valence-electron chi connectivity index (χ1n) is 6.56. The number of nitrogen functional groups attached to an aromatic ring is 1. The van der Waals surface area contributed by atoms with Crippen molar-refractivity contribution in [1.82, 2.24) is 9.55 Å². The molecule has 100 valence electrons. The molecule has 1 aromatic heterocycles. The molecule has 5 nitrogen and oxygen atoms in total. The number of benzene rings is 1. The Balaban J connectivity index is 2.09. The van der Waals surface area contributed by atoms with Crippen molar-refractivity contribution in [2.75, 3.05) is 12.8 Å². The molecular weight excluding hydrogens is 242 g/mol. The second-order valence-corrected chi connectivity index (χ2v) is 4.97. The van der Waals surface area contributed by atoms with Crippen LogP contribution in [0.1, 0.15) is 42.1 Å². The molecule has 0 spiro atoms. The van der Waals surface area contributed by atoms with Gasteiger partial charge in [-0.3, -0.25) is 0 Å². The van der Waals surface area contributed by atoms with Crippen LogP contribution in [0.25, 0.3) is 11.0 Å². The van der Waals surface area contributed by atoms with Crippen molar-refractivity contribution in [3.63, 3.8) is 0 Å². The highest BCUT2D eigenvalue weighted by molar-refractivity contribution is 5.94. The highest BCUT2D eigenvalue weighted by Gasteiger charge is 2.22. The van der Waals surface area contributed by atoms with Crippen molar-refractivity contribution in [2.24, 2.45) is 0 Å². The Bertz CT molecular complexity index is 627. The molecule has 0 bridgehead atoms. The Morgan fingerprint density at radius 1 is 1.42 bits per heavy atom. The minimum absolute atomic E-state index is 0.351. The molecule has 2 aromatic rings. The minimum atomic E-state index is -0.351. The molecule has 19 heavy (non-hydrogen) atoms. The van der Waals surface area contributed by atoms with Crippen molar-refractivity contribution in [2.45, 2.75) is 31.7 Å². The lowest BCUT2D eigenvalue weighted by molar-refractivity contribution is 0.0601. The zero-order valence-electron chi connectivity index (χ0n) is 10.9. The molecule has 1 heterocycles. The van der Waals surface area contributed by atoms with E-state index in [-0.39, 0.29) is 5.97 Å². The molecule has 0 saturated heterocycles. The number of carbonyl (C=O) groups excluding carboxylic acids is 1. The highest BCUT2D eigenvalue weighted by atomic mass is 16.5. The van der Waals surface area contributed by atoms with Crippen LogP contribution in [-0.2, 0) is 4.74 Å². The molecule has 5 heteroatoms. The number of esters is 1. The summed E-state index contributed by atoms with van der Waals surface area (Å²) < 4.78 is 6.82. The molecule has 1 aliphatic carbocycles. The second kappa shape index (κ2) is 4.57. The summed E-state index contributed by atoms with van der Waals surface area (Å²) in [5, 5.41) is 0. The summed E-state index contributed by atoms with van der Waals surface area (Å²) in [7, 11) is 1.37. The normalized spacial score (nSPS) is 16.1. The highest BCUT2D eigenvalue weighted by Crippen LogP contribution is 2.34. The van der Waals surface area contributed by atoms with Crippen molar-refractivity contribution in [3.8, 4) is 0 Å². The van der Waals surface area contributed by atoms with E-state index in [9.17, 15) is 4.79 Å². The third-order valence-corrected chi connectivity index (χ3v) is 3.83. The van der Waals surface area contributed by atoms with Crippen molar-refractivity contribution < 1.29 is 9.53 Å². The number of aromatic nitrogens is 2. The molecule has 3 rings (SSSR count). The van der Waals surface area contributed by atoms with E-state index in [1.807, 2.05) is 6.07 Å². The summed E-state index contributed by atoms with van der Waals surface area (Å²) in [5.41, 5.74) is 8.29. The maximum Gasteiger partial charge on any atom is 0.337 e. The summed E-state index contributed by atoms with van der Waals surface area (Å²) in [6.07, 6.45) is 4.77. The van der Waals surface area contributed by atoms with E-state index in [0.29, 0.717) is 17.6 Å². The van der Waals surface area contributed by atoms with Gasteiger partial charge in [-0.1, -0.05) is 12.8 Å². The van der Waals surface area contributed by atoms with Crippen LogP contribution in [0.15, 0.2) is 18.2 Å². The summed E-state index contributed by atoms with van der Waals surface area (Å²) >= 11 is 0. The minimum Gasteiger partial charge on any atom is -0.465 e. The zero-order valence-corrected chi connectivity index (χ0v) is 10.9. The van der Waals surface area contributed by atoms with Gasteiger partial charge in [0.2, 0.25) is 5.95 Å². The second-order valence-electron chi connectivity index (χ2n) is 4.97. The van der Waals surface area contributed by atoms with Gasteiger partial charge in [-0.2, -0.15) is 0 Å². The summed E-state index contributed by atoms with van der Waals surface area (Å²) in [6, 6.07) is 5.85. The van der Waals surface area contributed by atoms with E-state index in [4.69, 9.17) is 10.5 Å². The maximum absolute atomic E-state index is 11.5. The van der Waals surface area contributed by atoms with Gasteiger partial charge in [-0.15, -0.1) is 0 Å². The molecule has 1 saturated carbocycles. The predicted octanol–water partition coefficient (Wildman–Crippen LogP) is 2.52. The Morgan fingerprint density at radius 3 is 2.84 bits per heavy atom. The molecule has 0 amide bonds. The van der Waals surface area contributed by atoms with Crippen LogP contribution < -0.4 is 5.73 Å². The fraction of sp³-hybridized carbons (Fsp3) is 0.429. The standard InChI is InChI=1S/C14H17N3O2/c1-19-13(18)9-6-7-12-11(8-9)16-14(15)17(12)10-4-2-3-5-10/h6-8,10H,2-5H2,1H3,(H2,15,16). The first-order valence-corrected chi connectivity index (χ1v) is 6.56. The van der Waals surface area contributed by atoms with Gasteiger partial charge in [-0.05, 0) is 31.0 Å². The number of carbonyl (C=O) groups is 1. The number of anilines is 1. The zero-order chi connectivity index (χ0) is 13.4. The van der Waals surface area contributed by atoms with Crippen LogP contribution in [0, 0.1) is 0 Å². The van der Waals surface area contributed by atoms with Crippen molar-refractivity contribution >= 4 is 23.0 Å². The SMILES string of the molecule is COC(=O)c1ccc2c(c1)nc(N)n2C1CCCC1. The molecule has 0 unspecified atom stereocenters. The molecule has 1 fully saturated rings. The van der Waals surface area contributed by atoms with Crippen molar-refractivity contribution in [3.05, 3.63) is 23.8 Å². The average molecular weight is 259 g/mol. The quantitative estimate of drug-likeness (QED) is 0.841. The summed E-state index contributed by atoms with van der Waals surface area (Å²) in [4.78, 5) is 15.9. The van der Waals surface area contributed by atoms with Gasteiger partial charge < -0.3 is 15.0 Å². The van der Waals surface area contributed by atoms with E-state index in [1.54, 1.807) is 12.1 Å². The number of fused-ring (bicyclic) bond motifs is 1. The third kappa shape index (κ3) is 1.95. The lowest BCUT2D eigenvalue weighted by Gasteiger charge is -2.14. The van der Waals surface area contributed by atoms with Gasteiger partial charge in [0.05, 0.1) is 23.7 Å². The lowest BCUT2D eigenvalue weighted by atomic mass is 10.2. The number of hydrogen-bond donors (Lipinski definition) is 1. The largest absolute Gasteiger partial charge is 0.465 e. The monoisotopic (exact) mass is 259 g/mol. The van der Waals surface area contributed by atoms with Crippen LogP contribution in [-0.4, -0.2) is 22.6 Å². The van der Waals surface area contributed by atoms with Crippen molar-refractivity contribution in [1.29, 1.82) is 0 Å². The predicted molar refractivity (Wildman–Crippen MR) is 73.0 cm³/mol. The summed E-state index contributed by atoms with van der Waals surface area (Å²) in [6.45, 7) is 0. The molecule has 1 aliphatic rings. The summed E-state index contributed by atoms with van der Waals surface area (Å²) in [5.74, 6) is 0.180. The van der Waals surface area contributed by atoms with Gasteiger partial charge in [0.25, 0.3) is 0 Å². The van der Waals surface area contributed by atoms with E-state index < -0.39 is 0 Å². The van der Waals surface area contributed by atoms with Crippen LogP contribution in [0.4, 0.5) is 5.95 Å². The maximum atomic E-state index is 11.5. The number of hydrogen-bond acceptors (Lipinski definition) is 4. The molecule has 0 aliphatic heterocycles. The number of nitrogens with zero attached hydrogens (tertiary/aromatic N) is 2. The van der Waals surface area contributed by atoms with E-state index in [1.165, 1.54) is 20.0 Å². The molecule has 0 radical (unpaired) electrons. The number of imidazole rings is 1. The van der Waals surface area contributed by atoms with Crippen LogP contribution in [0.3, 0.4) is 0 Å². The van der Waals surface area contributed by atoms with Gasteiger partial charge in [0, 0.05) is 6.04 Å². The number of nitrogens with two attached hydrogens (primary N) is 1. The lowest BCUT2D eigenvalue weighted by Crippen LogP contribution is -2.08. The number of ether oxygens (including phenoxy) is 1. The molecule has 0 atom stereocenters. The number of rotatable bonds is 2. The van der Waals surface area contributed by atoms with Gasteiger partial charge in [0.15, 0.2) is 0 Å². The average Bonchev–Trinajstić information content (AvgIpc) is 3.02. The molecule has 2 N–H and O–H groups in total. The van der Waals surface area contributed by atoms with Crippen LogP contribution in [0.5, 0.6) is 0 Å². The van der Waals surface area contributed by atoms with E-state index >= 15 is 0 Å². The third-order valence-electron chi connectivity index (χ3n) is 3.83. The molecular formula is C14H17N3O2. The topological polar surface area (TPSA) is 70.1 Å². The van der Waals surface area contributed by atoms with Crippen LogP contribution in [0.2, 0.25) is 0 Å². The first-order chi connectivity index (χ1) is 9.20. The molecule has 1 aromatic carbocycles. The van der Waals surface area contributed by atoms with E-state index in [2.05, 4.69) is 9.55 Å². The van der Waals surface area contributed by atoms with Gasteiger partial charge >= 0.3 is 5.97 Å². The van der Waals surface area contributed by atoms with E-state index in [0.717, 1.165) is 23.9 Å². The Hall–Kier alpha value is -2.04. The van der Waals surface area contributed by atoms with Crippen LogP contribution >= 0.6 is 0 Å². The van der Waals surface area contributed by atoms with Gasteiger partial charge in [0.1, 0.15) is 0 Å². The Kier molecular flexibility index (Phi) is 2.89. The Labute approximate surface area is 111 Å². The smallest absolute Gasteiger partial charge is 0.337 e. The first kappa shape index (κ1) is 12.0. The fourth-order valence-corrected chi connectivity index (χ4v) is 2.91. The number of methoxy groups -OCH3 is 1.